The lowest BCUT2D eigenvalue weighted by Gasteiger charge is -2.08. The SMILES string of the molecule is Cc1c(N)nnc(-c2cncc(F)c2)c1C. The molecule has 82 valence electrons. The van der Waals surface area contributed by atoms with E-state index in [-0.39, 0.29) is 0 Å². The van der Waals surface area contributed by atoms with Crippen molar-refractivity contribution in [2.75, 3.05) is 5.73 Å². The topological polar surface area (TPSA) is 64.7 Å². The van der Waals surface area contributed by atoms with Crippen LogP contribution in [0.4, 0.5) is 10.2 Å². The van der Waals surface area contributed by atoms with Gasteiger partial charge in [-0.2, -0.15) is 0 Å². The minimum atomic E-state index is -0.395. The molecule has 0 bridgehead atoms. The van der Waals surface area contributed by atoms with E-state index in [2.05, 4.69) is 15.2 Å². The van der Waals surface area contributed by atoms with Gasteiger partial charge >= 0.3 is 0 Å². The normalized spacial score (nSPS) is 10.4. The lowest BCUT2D eigenvalue weighted by Crippen LogP contribution is -2.02. The van der Waals surface area contributed by atoms with E-state index in [0.717, 1.165) is 17.3 Å². The van der Waals surface area contributed by atoms with Gasteiger partial charge in [-0.15, -0.1) is 10.2 Å². The molecule has 0 aliphatic heterocycles. The van der Waals surface area contributed by atoms with Crippen molar-refractivity contribution in [3.8, 4) is 11.3 Å². The molecule has 0 radical (unpaired) electrons. The highest BCUT2D eigenvalue weighted by Gasteiger charge is 2.10. The fourth-order valence-corrected chi connectivity index (χ4v) is 1.44. The van der Waals surface area contributed by atoms with Crippen LogP contribution in [0.3, 0.4) is 0 Å². The summed E-state index contributed by atoms with van der Waals surface area (Å²) < 4.78 is 13.0. The van der Waals surface area contributed by atoms with Gasteiger partial charge in [0, 0.05) is 11.8 Å². The summed E-state index contributed by atoms with van der Waals surface area (Å²) in [5.74, 6) is -0.00112. The summed E-state index contributed by atoms with van der Waals surface area (Å²) >= 11 is 0. The second-order valence-electron chi connectivity index (χ2n) is 3.58. The summed E-state index contributed by atoms with van der Waals surface area (Å²) in [7, 11) is 0. The maximum atomic E-state index is 13.0. The number of nitrogen functional groups attached to an aromatic ring is 1. The Morgan fingerprint density at radius 1 is 1.12 bits per heavy atom. The van der Waals surface area contributed by atoms with Crippen LogP contribution in [-0.4, -0.2) is 15.2 Å². The van der Waals surface area contributed by atoms with E-state index in [1.165, 1.54) is 6.07 Å². The molecule has 0 saturated heterocycles. The van der Waals surface area contributed by atoms with Crippen LogP contribution in [0.25, 0.3) is 11.3 Å². The van der Waals surface area contributed by atoms with Crippen LogP contribution in [0.1, 0.15) is 11.1 Å². The third-order valence-electron chi connectivity index (χ3n) is 2.54. The molecular weight excluding hydrogens is 207 g/mol. The highest BCUT2D eigenvalue weighted by atomic mass is 19.1. The fourth-order valence-electron chi connectivity index (χ4n) is 1.44. The number of rotatable bonds is 1. The van der Waals surface area contributed by atoms with Crippen LogP contribution >= 0.6 is 0 Å². The maximum Gasteiger partial charge on any atom is 0.149 e. The molecule has 2 N–H and O–H groups in total. The van der Waals surface area contributed by atoms with Gasteiger partial charge in [0.1, 0.15) is 11.6 Å². The summed E-state index contributed by atoms with van der Waals surface area (Å²) in [4.78, 5) is 3.78. The van der Waals surface area contributed by atoms with Gasteiger partial charge in [0.25, 0.3) is 0 Å². The van der Waals surface area contributed by atoms with Gasteiger partial charge in [-0.1, -0.05) is 0 Å². The van der Waals surface area contributed by atoms with Crippen LogP contribution < -0.4 is 5.73 Å². The van der Waals surface area contributed by atoms with Crippen molar-refractivity contribution in [1.82, 2.24) is 15.2 Å². The van der Waals surface area contributed by atoms with Crippen molar-refractivity contribution in [3.63, 3.8) is 0 Å². The summed E-state index contributed by atoms with van der Waals surface area (Å²) in [6, 6.07) is 1.37. The number of hydrogen-bond donors (Lipinski definition) is 1. The standard InChI is InChI=1S/C11H11FN4/c1-6-7(2)11(13)16-15-10(6)8-3-9(12)5-14-4-8/h3-5H,1-2H3,(H2,13,16). The number of halogens is 1. The molecule has 16 heavy (non-hydrogen) atoms. The molecule has 0 amide bonds. The molecule has 0 fully saturated rings. The zero-order valence-electron chi connectivity index (χ0n) is 9.03. The van der Waals surface area contributed by atoms with Crippen molar-refractivity contribution in [2.45, 2.75) is 13.8 Å². The van der Waals surface area contributed by atoms with Crippen molar-refractivity contribution in [2.24, 2.45) is 0 Å². The molecular formula is C11H11FN4. The molecule has 0 aliphatic carbocycles. The molecule has 4 nitrogen and oxygen atoms in total. The van der Waals surface area contributed by atoms with Gasteiger partial charge in [0.05, 0.1) is 11.9 Å². The average molecular weight is 218 g/mol. The number of anilines is 1. The van der Waals surface area contributed by atoms with Gasteiger partial charge in [-0.25, -0.2) is 4.39 Å². The quantitative estimate of drug-likeness (QED) is 0.793. The molecule has 5 heteroatoms. The first-order chi connectivity index (χ1) is 7.59. The Balaban J connectivity index is 2.61. The first-order valence-corrected chi connectivity index (χ1v) is 4.80. The molecule has 2 heterocycles. The minimum absolute atomic E-state index is 0.394. The first kappa shape index (κ1) is 10.5. The van der Waals surface area contributed by atoms with Crippen molar-refractivity contribution >= 4 is 5.82 Å². The summed E-state index contributed by atoms with van der Waals surface area (Å²) in [5, 5.41) is 7.79. The molecule has 2 aromatic heterocycles. The first-order valence-electron chi connectivity index (χ1n) is 4.80. The average Bonchev–Trinajstić information content (AvgIpc) is 2.26. The largest absolute Gasteiger partial charge is 0.382 e. The van der Waals surface area contributed by atoms with Gasteiger partial charge in [-0.05, 0) is 31.0 Å². The second-order valence-corrected chi connectivity index (χ2v) is 3.58. The zero-order valence-corrected chi connectivity index (χ0v) is 9.03. The highest BCUT2D eigenvalue weighted by molar-refractivity contribution is 5.64. The van der Waals surface area contributed by atoms with E-state index in [0.29, 0.717) is 17.1 Å². The number of pyridine rings is 1. The van der Waals surface area contributed by atoms with E-state index < -0.39 is 5.82 Å². The molecule has 2 rings (SSSR count). The Bertz CT molecular complexity index is 540. The molecule has 0 saturated carbocycles. The second kappa shape index (κ2) is 3.84. The number of nitrogens with two attached hydrogens (primary N) is 1. The Labute approximate surface area is 92.4 Å². The fraction of sp³-hybridized carbons (Fsp3) is 0.182. The molecule has 2 aromatic rings. The van der Waals surface area contributed by atoms with E-state index in [9.17, 15) is 4.39 Å². The zero-order chi connectivity index (χ0) is 11.7. The number of aromatic nitrogens is 3. The summed E-state index contributed by atoms with van der Waals surface area (Å²) in [6.07, 6.45) is 2.70. The molecule has 0 atom stereocenters. The van der Waals surface area contributed by atoms with Crippen molar-refractivity contribution in [1.29, 1.82) is 0 Å². The Morgan fingerprint density at radius 3 is 2.56 bits per heavy atom. The van der Waals surface area contributed by atoms with Gasteiger partial charge in [0.15, 0.2) is 0 Å². The third kappa shape index (κ3) is 1.71. The van der Waals surface area contributed by atoms with Gasteiger partial charge < -0.3 is 5.73 Å². The lowest BCUT2D eigenvalue weighted by molar-refractivity contribution is 0.622. The van der Waals surface area contributed by atoms with Crippen LogP contribution in [0.15, 0.2) is 18.5 Å². The smallest absolute Gasteiger partial charge is 0.149 e. The highest BCUT2D eigenvalue weighted by Crippen LogP contribution is 2.24. The van der Waals surface area contributed by atoms with Crippen molar-refractivity contribution < 1.29 is 4.39 Å². The van der Waals surface area contributed by atoms with E-state index in [4.69, 9.17) is 5.73 Å². The van der Waals surface area contributed by atoms with Crippen LogP contribution in [-0.2, 0) is 0 Å². The Kier molecular flexibility index (Phi) is 2.52. The lowest BCUT2D eigenvalue weighted by atomic mass is 10.1. The summed E-state index contributed by atoms with van der Waals surface area (Å²) in [6.45, 7) is 3.73. The van der Waals surface area contributed by atoms with E-state index in [1.54, 1.807) is 6.20 Å². The molecule has 0 aliphatic rings. The van der Waals surface area contributed by atoms with E-state index in [1.807, 2.05) is 13.8 Å². The molecule has 0 unspecified atom stereocenters. The van der Waals surface area contributed by atoms with E-state index >= 15 is 0 Å². The molecule has 0 aromatic carbocycles. The third-order valence-corrected chi connectivity index (χ3v) is 2.54. The van der Waals surface area contributed by atoms with Gasteiger partial charge in [-0.3, -0.25) is 4.98 Å². The van der Waals surface area contributed by atoms with Crippen LogP contribution in [0.2, 0.25) is 0 Å². The molecule has 0 spiro atoms. The van der Waals surface area contributed by atoms with Crippen LogP contribution in [0, 0.1) is 19.7 Å². The van der Waals surface area contributed by atoms with Crippen LogP contribution in [0.5, 0.6) is 0 Å². The minimum Gasteiger partial charge on any atom is -0.382 e. The Hall–Kier alpha value is -2.04. The van der Waals surface area contributed by atoms with Gasteiger partial charge in [0.2, 0.25) is 0 Å². The predicted molar refractivity (Wildman–Crippen MR) is 59.1 cm³/mol. The summed E-state index contributed by atoms with van der Waals surface area (Å²) in [5.41, 5.74) is 8.59. The maximum absolute atomic E-state index is 13.0. The Morgan fingerprint density at radius 2 is 1.88 bits per heavy atom. The number of hydrogen-bond acceptors (Lipinski definition) is 4. The monoisotopic (exact) mass is 218 g/mol. The predicted octanol–water partition coefficient (Wildman–Crippen LogP) is 1.88. The van der Waals surface area contributed by atoms with Crippen molar-refractivity contribution in [3.05, 3.63) is 35.4 Å². The number of nitrogens with zero attached hydrogens (tertiary/aromatic N) is 3.